The number of likely N-dealkylation sites (N-methyl/N-ethyl adjacent to an activating group) is 1. The van der Waals surface area contributed by atoms with Crippen LogP contribution in [0, 0.1) is 0 Å². The molecule has 0 aromatic heterocycles. The van der Waals surface area contributed by atoms with E-state index in [1.54, 1.807) is 6.08 Å². The summed E-state index contributed by atoms with van der Waals surface area (Å²) in [4.78, 5) is 13.4. The lowest BCUT2D eigenvalue weighted by atomic mass is 10.1. The number of carbonyl (C=O) groups excluding carboxylic acids is 1. The number of hydrogen-bond acceptors (Lipinski definition) is 1. The van der Waals surface area contributed by atoms with Crippen LogP contribution in [0.5, 0.6) is 0 Å². The van der Waals surface area contributed by atoms with E-state index >= 15 is 0 Å². The van der Waals surface area contributed by atoms with Crippen LogP contribution in [0.1, 0.15) is 13.8 Å². The van der Waals surface area contributed by atoms with E-state index < -0.39 is 0 Å². The van der Waals surface area contributed by atoms with E-state index in [1.807, 2.05) is 30.9 Å². The van der Waals surface area contributed by atoms with E-state index in [-0.39, 0.29) is 5.91 Å². The lowest BCUT2D eigenvalue weighted by Gasteiger charge is -2.12. The van der Waals surface area contributed by atoms with Gasteiger partial charge in [0, 0.05) is 18.7 Å². The van der Waals surface area contributed by atoms with Gasteiger partial charge in [0.05, 0.1) is 0 Å². The lowest BCUT2D eigenvalue weighted by Crippen LogP contribution is -2.26. The number of amides is 1. The van der Waals surface area contributed by atoms with E-state index in [1.165, 1.54) is 0 Å². The highest BCUT2D eigenvalue weighted by Crippen LogP contribution is 2.20. The number of allylic oxidation sites excluding steroid dienone is 1. The van der Waals surface area contributed by atoms with Gasteiger partial charge in [0.25, 0.3) is 5.91 Å². The monoisotopic (exact) mass is 177 g/mol. The van der Waals surface area contributed by atoms with Crippen molar-refractivity contribution < 1.29 is 4.79 Å². The second-order valence-electron chi connectivity index (χ2n) is 2.96. The molecule has 0 aromatic rings. The Kier molecular flexibility index (Phi) is 3.07. The summed E-state index contributed by atoms with van der Waals surface area (Å²) in [5, 5.41) is 0. The second-order valence-corrected chi connectivity index (χ2v) is 2.96. The molecule has 1 rings (SSSR count). The van der Waals surface area contributed by atoms with Gasteiger partial charge in [-0.15, -0.1) is 0 Å². The molecule has 2 nitrogen and oxygen atoms in total. The minimum absolute atomic E-state index is 0.102. The van der Waals surface area contributed by atoms with Gasteiger partial charge in [0.1, 0.15) is 0 Å². The smallest absolute Gasteiger partial charge is 0.254 e. The third-order valence-corrected chi connectivity index (χ3v) is 2.18. The zero-order valence-corrected chi connectivity index (χ0v) is 8.21. The molecule has 0 fully saturated rings. The quantitative estimate of drug-likeness (QED) is 0.644. The van der Waals surface area contributed by atoms with Gasteiger partial charge in [-0.05, 0) is 19.4 Å². The topological polar surface area (TPSA) is 20.3 Å². The van der Waals surface area contributed by atoms with Crippen LogP contribution in [0.15, 0.2) is 36.0 Å². The molecule has 2 heteroatoms. The Labute approximate surface area is 79.2 Å². The van der Waals surface area contributed by atoms with Crippen molar-refractivity contribution in [3.8, 4) is 0 Å². The Bertz CT molecular complexity index is 286. The minimum Gasteiger partial charge on any atom is -0.335 e. The van der Waals surface area contributed by atoms with Crippen molar-refractivity contribution in [1.29, 1.82) is 0 Å². The summed E-state index contributed by atoms with van der Waals surface area (Å²) in [6.07, 6.45) is 5.57. The predicted octanol–water partition coefficient (Wildman–Crippen LogP) is 1.91. The van der Waals surface area contributed by atoms with Gasteiger partial charge in [-0.1, -0.05) is 24.8 Å². The molecule has 0 aliphatic carbocycles. The van der Waals surface area contributed by atoms with Crippen molar-refractivity contribution in [2.75, 3.05) is 13.1 Å². The summed E-state index contributed by atoms with van der Waals surface area (Å²) in [5.41, 5.74) is 1.82. The molecule has 1 aliphatic rings. The molecule has 0 saturated heterocycles. The molecule has 1 aliphatic heterocycles. The first-order valence-electron chi connectivity index (χ1n) is 4.52. The Morgan fingerprint density at radius 3 is 2.77 bits per heavy atom. The molecular formula is C11H15NO. The van der Waals surface area contributed by atoms with Crippen LogP contribution < -0.4 is 0 Å². The third-order valence-electron chi connectivity index (χ3n) is 2.18. The molecule has 0 saturated carbocycles. The van der Waals surface area contributed by atoms with Crippen LogP contribution in [0.25, 0.3) is 0 Å². The molecule has 0 spiro atoms. The standard InChI is InChI=1S/C11H15NO/c1-4-7-9-8-12(6-3)11(13)10(9)5-2/h4-5,7H,2,6,8H2,1,3H3/b7-4-. The van der Waals surface area contributed by atoms with E-state index in [0.29, 0.717) is 0 Å². The van der Waals surface area contributed by atoms with Gasteiger partial charge < -0.3 is 4.90 Å². The highest BCUT2D eigenvalue weighted by atomic mass is 16.2. The molecule has 1 amide bonds. The molecule has 0 bridgehead atoms. The van der Waals surface area contributed by atoms with Gasteiger partial charge in [-0.2, -0.15) is 0 Å². The molecular weight excluding hydrogens is 162 g/mol. The number of rotatable bonds is 3. The summed E-state index contributed by atoms with van der Waals surface area (Å²) in [7, 11) is 0. The Balaban J connectivity index is 2.96. The average Bonchev–Trinajstić information content (AvgIpc) is 2.43. The van der Waals surface area contributed by atoms with E-state index in [9.17, 15) is 4.79 Å². The number of nitrogens with zero attached hydrogens (tertiary/aromatic N) is 1. The highest BCUT2D eigenvalue weighted by Gasteiger charge is 2.25. The van der Waals surface area contributed by atoms with Crippen molar-refractivity contribution in [3.05, 3.63) is 36.0 Å². The van der Waals surface area contributed by atoms with Gasteiger partial charge in [-0.3, -0.25) is 4.79 Å². The van der Waals surface area contributed by atoms with Crippen LogP contribution >= 0.6 is 0 Å². The molecule has 1 heterocycles. The lowest BCUT2D eigenvalue weighted by molar-refractivity contribution is -0.124. The molecule has 70 valence electrons. The predicted molar refractivity (Wildman–Crippen MR) is 54.3 cm³/mol. The molecule has 0 radical (unpaired) electrons. The van der Waals surface area contributed by atoms with Gasteiger partial charge in [-0.25, -0.2) is 0 Å². The fourth-order valence-electron chi connectivity index (χ4n) is 1.49. The van der Waals surface area contributed by atoms with Crippen LogP contribution in [-0.4, -0.2) is 23.9 Å². The van der Waals surface area contributed by atoms with Crippen molar-refractivity contribution >= 4 is 5.91 Å². The normalized spacial score (nSPS) is 17.7. The Morgan fingerprint density at radius 2 is 2.31 bits per heavy atom. The number of carbonyl (C=O) groups is 1. The zero-order chi connectivity index (χ0) is 9.84. The first-order chi connectivity index (χ1) is 6.24. The molecule has 0 N–H and O–H groups in total. The third kappa shape index (κ3) is 1.72. The fraction of sp³-hybridized carbons (Fsp3) is 0.364. The molecule has 0 atom stereocenters. The molecule has 13 heavy (non-hydrogen) atoms. The minimum atomic E-state index is 0.102. The van der Waals surface area contributed by atoms with E-state index in [2.05, 4.69) is 6.58 Å². The van der Waals surface area contributed by atoms with Crippen LogP contribution in [-0.2, 0) is 4.79 Å². The van der Waals surface area contributed by atoms with Crippen LogP contribution in [0.2, 0.25) is 0 Å². The van der Waals surface area contributed by atoms with Gasteiger partial charge in [0.15, 0.2) is 0 Å². The van der Waals surface area contributed by atoms with E-state index in [0.717, 1.165) is 24.2 Å². The summed E-state index contributed by atoms with van der Waals surface area (Å²) < 4.78 is 0. The van der Waals surface area contributed by atoms with Crippen molar-refractivity contribution in [1.82, 2.24) is 4.90 Å². The summed E-state index contributed by atoms with van der Waals surface area (Å²) in [6, 6.07) is 0. The maximum Gasteiger partial charge on any atom is 0.254 e. The number of hydrogen-bond donors (Lipinski definition) is 0. The van der Waals surface area contributed by atoms with Gasteiger partial charge in [0.2, 0.25) is 0 Å². The summed E-state index contributed by atoms with van der Waals surface area (Å²) in [6.45, 7) is 9.07. The van der Waals surface area contributed by atoms with E-state index in [4.69, 9.17) is 0 Å². The Morgan fingerprint density at radius 1 is 1.62 bits per heavy atom. The molecule has 0 aromatic carbocycles. The SMILES string of the molecule is C=CC1=C(/C=C\C)CN(CC)C1=O. The summed E-state index contributed by atoms with van der Waals surface area (Å²) >= 11 is 0. The van der Waals surface area contributed by atoms with Crippen molar-refractivity contribution in [2.24, 2.45) is 0 Å². The fourth-order valence-corrected chi connectivity index (χ4v) is 1.49. The summed E-state index contributed by atoms with van der Waals surface area (Å²) in [5.74, 6) is 0.102. The Hall–Kier alpha value is -1.31. The zero-order valence-electron chi connectivity index (χ0n) is 8.21. The largest absolute Gasteiger partial charge is 0.335 e. The van der Waals surface area contributed by atoms with Crippen molar-refractivity contribution in [3.63, 3.8) is 0 Å². The second kappa shape index (κ2) is 4.08. The maximum atomic E-state index is 11.6. The maximum absolute atomic E-state index is 11.6. The first kappa shape index (κ1) is 9.78. The first-order valence-corrected chi connectivity index (χ1v) is 4.52. The molecule has 0 unspecified atom stereocenters. The van der Waals surface area contributed by atoms with Crippen molar-refractivity contribution in [2.45, 2.75) is 13.8 Å². The average molecular weight is 177 g/mol. The van der Waals surface area contributed by atoms with Crippen LogP contribution in [0.3, 0.4) is 0 Å². The highest BCUT2D eigenvalue weighted by molar-refractivity contribution is 6.00. The van der Waals surface area contributed by atoms with Gasteiger partial charge >= 0.3 is 0 Å². The van der Waals surface area contributed by atoms with Crippen LogP contribution in [0.4, 0.5) is 0 Å².